The fraction of sp³-hybridized carbons (Fsp3) is 0.533. The summed E-state index contributed by atoms with van der Waals surface area (Å²) in [6, 6.07) is 6.32. The fourth-order valence-electron chi connectivity index (χ4n) is 2.38. The van der Waals surface area contributed by atoms with Crippen LogP contribution in [0.15, 0.2) is 24.3 Å². The summed E-state index contributed by atoms with van der Waals surface area (Å²) in [7, 11) is 0. The van der Waals surface area contributed by atoms with Crippen LogP contribution in [0.1, 0.15) is 33.3 Å². The first kappa shape index (κ1) is 15.5. The average Bonchev–Trinajstić information content (AvgIpc) is 2.28. The van der Waals surface area contributed by atoms with Gasteiger partial charge in [0.2, 0.25) is 0 Å². The predicted octanol–water partition coefficient (Wildman–Crippen LogP) is 2.44. The van der Waals surface area contributed by atoms with Crippen LogP contribution >= 0.6 is 0 Å². The molecule has 1 aromatic rings. The van der Waals surface area contributed by atoms with E-state index in [1.54, 1.807) is 26.0 Å². The second-order valence-corrected chi connectivity index (χ2v) is 5.17. The van der Waals surface area contributed by atoms with Crippen LogP contribution in [-0.2, 0) is 15.1 Å². The number of phenolic OH excluding ortho intramolecular Hbond substituents is 1. The number of carbonyl (C=O) groups excluding carboxylic acids is 1. The van der Waals surface area contributed by atoms with E-state index in [2.05, 4.69) is 0 Å². The first-order valence-corrected chi connectivity index (χ1v) is 6.49. The van der Waals surface area contributed by atoms with E-state index >= 15 is 0 Å². The van der Waals surface area contributed by atoms with Gasteiger partial charge in [-0.1, -0.05) is 26.0 Å². The van der Waals surface area contributed by atoms with Crippen LogP contribution < -0.4 is 0 Å². The van der Waals surface area contributed by atoms with E-state index in [9.17, 15) is 15.0 Å². The number of esters is 1. The molecule has 0 radical (unpaired) electrons. The summed E-state index contributed by atoms with van der Waals surface area (Å²) >= 11 is 0. The maximum atomic E-state index is 12.0. The summed E-state index contributed by atoms with van der Waals surface area (Å²) in [5, 5.41) is 20.2. The maximum Gasteiger partial charge on any atom is 0.312 e. The number of hydrogen-bond donors (Lipinski definition) is 2. The second kappa shape index (κ2) is 6.06. The lowest BCUT2D eigenvalue weighted by Crippen LogP contribution is -2.41. The summed E-state index contributed by atoms with van der Waals surface area (Å²) < 4.78 is 5.04. The van der Waals surface area contributed by atoms with Gasteiger partial charge < -0.3 is 14.9 Å². The Kier molecular flexibility index (Phi) is 4.95. The minimum atomic E-state index is -1.39. The lowest BCUT2D eigenvalue weighted by atomic mass is 9.76. The molecule has 0 amide bonds. The molecule has 0 spiro atoms. The molecule has 0 aromatic heterocycles. The van der Waals surface area contributed by atoms with Crippen molar-refractivity contribution < 1.29 is 19.7 Å². The molecule has 4 nitrogen and oxygen atoms in total. The Labute approximate surface area is 114 Å². The molecule has 0 saturated heterocycles. The van der Waals surface area contributed by atoms with Gasteiger partial charge in [0.25, 0.3) is 0 Å². The largest absolute Gasteiger partial charge is 0.508 e. The van der Waals surface area contributed by atoms with Crippen LogP contribution in [0.25, 0.3) is 0 Å². The van der Waals surface area contributed by atoms with Gasteiger partial charge >= 0.3 is 5.97 Å². The Morgan fingerprint density at radius 1 is 1.42 bits per heavy atom. The second-order valence-electron chi connectivity index (χ2n) is 5.17. The summed E-state index contributed by atoms with van der Waals surface area (Å²) in [6.07, 6.45) is 0. The van der Waals surface area contributed by atoms with Gasteiger partial charge in [-0.3, -0.25) is 4.79 Å². The zero-order valence-corrected chi connectivity index (χ0v) is 11.9. The van der Waals surface area contributed by atoms with E-state index in [-0.39, 0.29) is 18.3 Å². The highest BCUT2D eigenvalue weighted by Gasteiger charge is 2.42. The van der Waals surface area contributed by atoms with Crippen molar-refractivity contribution in [1.29, 1.82) is 0 Å². The zero-order chi connectivity index (χ0) is 14.6. The topological polar surface area (TPSA) is 66.8 Å². The van der Waals surface area contributed by atoms with Crippen molar-refractivity contribution in [3.05, 3.63) is 29.8 Å². The van der Waals surface area contributed by atoms with Crippen LogP contribution in [0, 0.1) is 11.8 Å². The Bertz CT molecular complexity index is 438. The lowest BCUT2D eigenvalue weighted by Gasteiger charge is -2.34. The number of rotatable bonds is 5. The summed E-state index contributed by atoms with van der Waals surface area (Å²) in [5.41, 5.74) is -0.890. The van der Waals surface area contributed by atoms with Crippen molar-refractivity contribution in [2.24, 2.45) is 11.8 Å². The van der Waals surface area contributed by atoms with E-state index in [0.717, 1.165) is 0 Å². The Balaban J connectivity index is 3.16. The minimum absolute atomic E-state index is 0.0594. The number of aromatic hydroxyl groups is 1. The number of ether oxygens (including phenoxy) is 1. The Morgan fingerprint density at radius 3 is 2.53 bits per heavy atom. The third-order valence-corrected chi connectivity index (χ3v) is 3.24. The molecular weight excluding hydrogens is 244 g/mol. The van der Waals surface area contributed by atoms with Crippen LogP contribution in [-0.4, -0.2) is 22.8 Å². The molecular formula is C15H22O4. The van der Waals surface area contributed by atoms with Gasteiger partial charge in [-0.05, 0) is 37.5 Å². The molecule has 19 heavy (non-hydrogen) atoms. The van der Waals surface area contributed by atoms with E-state index in [4.69, 9.17) is 4.74 Å². The highest BCUT2D eigenvalue weighted by atomic mass is 16.5. The van der Waals surface area contributed by atoms with Gasteiger partial charge in [-0.2, -0.15) is 0 Å². The molecule has 106 valence electrons. The molecule has 0 heterocycles. The molecule has 0 aliphatic carbocycles. The standard InChI is InChI=1S/C15H22O4/c1-5-19-14(17)13(10(2)3)15(4,18)11-7-6-8-12(16)9-11/h6-10,13,16,18H,5H2,1-4H3. The normalized spacial score (nSPS) is 15.9. The van der Waals surface area contributed by atoms with Gasteiger partial charge in [0, 0.05) is 0 Å². The third-order valence-electron chi connectivity index (χ3n) is 3.24. The van der Waals surface area contributed by atoms with Gasteiger partial charge in [0.15, 0.2) is 0 Å². The van der Waals surface area contributed by atoms with Crippen LogP contribution in [0.3, 0.4) is 0 Å². The van der Waals surface area contributed by atoms with E-state index in [1.165, 1.54) is 12.1 Å². The molecule has 0 fully saturated rings. The monoisotopic (exact) mass is 266 g/mol. The lowest BCUT2D eigenvalue weighted by molar-refractivity contribution is -0.161. The number of benzene rings is 1. The van der Waals surface area contributed by atoms with Gasteiger partial charge in [0.05, 0.1) is 12.5 Å². The van der Waals surface area contributed by atoms with E-state index in [1.807, 2.05) is 13.8 Å². The summed E-state index contributed by atoms with van der Waals surface area (Å²) in [5.74, 6) is -1.14. The quantitative estimate of drug-likeness (QED) is 0.803. The van der Waals surface area contributed by atoms with Gasteiger partial charge in [0.1, 0.15) is 11.4 Å². The average molecular weight is 266 g/mol. The molecule has 2 atom stereocenters. The van der Waals surface area contributed by atoms with Crippen LogP contribution in [0.2, 0.25) is 0 Å². The van der Waals surface area contributed by atoms with Crippen molar-refractivity contribution in [1.82, 2.24) is 0 Å². The fourth-order valence-corrected chi connectivity index (χ4v) is 2.38. The predicted molar refractivity (Wildman–Crippen MR) is 72.6 cm³/mol. The third kappa shape index (κ3) is 3.47. The van der Waals surface area contributed by atoms with Crippen molar-refractivity contribution in [2.75, 3.05) is 6.61 Å². The van der Waals surface area contributed by atoms with Crippen molar-refractivity contribution in [3.8, 4) is 5.75 Å². The van der Waals surface area contributed by atoms with E-state index < -0.39 is 17.5 Å². The maximum absolute atomic E-state index is 12.0. The number of hydrogen-bond acceptors (Lipinski definition) is 4. The molecule has 1 aromatic carbocycles. The minimum Gasteiger partial charge on any atom is -0.508 e. The van der Waals surface area contributed by atoms with Crippen molar-refractivity contribution in [2.45, 2.75) is 33.3 Å². The molecule has 0 aliphatic heterocycles. The van der Waals surface area contributed by atoms with Crippen molar-refractivity contribution >= 4 is 5.97 Å². The molecule has 2 unspecified atom stereocenters. The van der Waals surface area contributed by atoms with Gasteiger partial charge in [-0.25, -0.2) is 0 Å². The number of carbonyl (C=O) groups is 1. The highest BCUT2D eigenvalue weighted by Crippen LogP contribution is 2.36. The van der Waals surface area contributed by atoms with Crippen molar-refractivity contribution in [3.63, 3.8) is 0 Å². The van der Waals surface area contributed by atoms with Crippen LogP contribution in [0.4, 0.5) is 0 Å². The molecule has 4 heteroatoms. The summed E-state index contributed by atoms with van der Waals surface area (Å²) in [4.78, 5) is 12.0. The first-order valence-electron chi connectivity index (χ1n) is 6.49. The SMILES string of the molecule is CCOC(=O)C(C(C)C)C(C)(O)c1cccc(O)c1. The van der Waals surface area contributed by atoms with Crippen LogP contribution in [0.5, 0.6) is 5.75 Å². The van der Waals surface area contributed by atoms with Gasteiger partial charge in [-0.15, -0.1) is 0 Å². The first-order chi connectivity index (χ1) is 8.80. The molecule has 0 saturated carbocycles. The summed E-state index contributed by atoms with van der Waals surface area (Å²) in [6.45, 7) is 7.30. The number of aliphatic hydroxyl groups is 1. The molecule has 0 bridgehead atoms. The zero-order valence-electron chi connectivity index (χ0n) is 11.9. The molecule has 2 N–H and O–H groups in total. The van der Waals surface area contributed by atoms with E-state index in [0.29, 0.717) is 5.56 Å². The molecule has 0 aliphatic rings. The molecule has 1 rings (SSSR count). The smallest absolute Gasteiger partial charge is 0.312 e. The Morgan fingerprint density at radius 2 is 2.05 bits per heavy atom. The highest BCUT2D eigenvalue weighted by molar-refractivity contribution is 5.74. The Hall–Kier alpha value is -1.55. The number of phenols is 1.